The maximum atomic E-state index is 11.6. The van der Waals surface area contributed by atoms with Crippen LogP contribution in [0.2, 0.25) is 0 Å². The van der Waals surface area contributed by atoms with Crippen molar-refractivity contribution in [2.75, 3.05) is 13.1 Å². The average Bonchev–Trinajstić information content (AvgIpc) is 1.95. The van der Waals surface area contributed by atoms with E-state index in [1.54, 1.807) is 0 Å². The summed E-state index contributed by atoms with van der Waals surface area (Å²) in [5.74, 6) is -1.19. The maximum Gasteiger partial charge on any atom is 0.390 e. The summed E-state index contributed by atoms with van der Waals surface area (Å²) in [6.45, 7) is -0.470. The third-order valence-corrected chi connectivity index (χ3v) is 1.38. The van der Waals surface area contributed by atoms with Crippen LogP contribution in [0.3, 0.4) is 0 Å². The lowest BCUT2D eigenvalue weighted by Crippen LogP contribution is -2.31. The Morgan fingerprint density at radius 1 is 1.43 bits per heavy atom. The van der Waals surface area contributed by atoms with E-state index in [0.29, 0.717) is 0 Å². The standard InChI is InChI=1S/C7H12F3NO3/c8-7(9,10)1-2-11-4-5(12)3-6(13)14/h5,11-12H,1-4H2,(H,13,14). The molecule has 0 saturated carbocycles. The monoisotopic (exact) mass is 215 g/mol. The number of aliphatic hydroxyl groups excluding tert-OH is 1. The molecule has 4 nitrogen and oxygen atoms in total. The van der Waals surface area contributed by atoms with Gasteiger partial charge < -0.3 is 15.5 Å². The molecule has 0 radical (unpaired) electrons. The van der Waals surface area contributed by atoms with Crippen LogP contribution in [0.5, 0.6) is 0 Å². The molecule has 14 heavy (non-hydrogen) atoms. The second-order valence-electron chi connectivity index (χ2n) is 2.82. The number of halogens is 3. The fourth-order valence-electron chi connectivity index (χ4n) is 0.773. The van der Waals surface area contributed by atoms with Crippen molar-refractivity contribution < 1.29 is 28.2 Å². The van der Waals surface area contributed by atoms with Gasteiger partial charge in [0.1, 0.15) is 0 Å². The lowest BCUT2D eigenvalue weighted by atomic mass is 10.2. The molecular weight excluding hydrogens is 203 g/mol. The van der Waals surface area contributed by atoms with E-state index in [4.69, 9.17) is 10.2 Å². The highest BCUT2D eigenvalue weighted by Crippen LogP contribution is 2.17. The van der Waals surface area contributed by atoms with Crippen molar-refractivity contribution in [2.45, 2.75) is 25.1 Å². The number of rotatable bonds is 6. The Labute approximate surface area is 78.7 Å². The van der Waals surface area contributed by atoms with Gasteiger partial charge in [0.05, 0.1) is 18.9 Å². The number of nitrogens with one attached hydrogen (secondary N) is 1. The molecule has 1 unspecified atom stereocenters. The van der Waals surface area contributed by atoms with Crippen molar-refractivity contribution in [3.05, 3.63) is 0 Å². The van der Waals surface area contributed by atoms with Gasteiger partial charge in [0.2, 0.25) is 0 Å². The molecule has 0 bridgehead atoms. The van der Waals surface area contributed by atoms with E-state index >= 15 is 0 Å². The molecule has 0 aromatic carbocycles. The zero-order valence-corrected chi connectivity index (χ0v) is 7.34. The molecule has 0 spiro atoms. The number of alkyl halides is 3. The number of carboxylic acids is 1. The third-order valence-electron chi connectivity index (χ3n) is 1.38. The first-order valence-electron chi connectivity index (χ1n) is 3.98. The fraction of sp³-hybridized carbons (Fsp3) is 0.857. The van der Waals surface area contributed by atoms with Gasteiger partial charge in [0.25, 0.3) is 0 Å². The number of aliphatic carboxylic acids is 1. The highest BCUT2D eigenvalue weighted by atomic mass is 19.4. The van der Waals surface area contributed by atoms with Crippen molar-refractivity contribution in [1.82, 2.24) is 5.32 Å². The molecule has 0 saturated heterocycles. The molecule has 0 rings (SSSR count). The quantitative estimate of drug-likeness (QED) is 0.560. The van der Waals surface area contributed by atoms with Crippen LogP contribution in [0.25, 0.3) is 0 Å². The van der Waals surface area contributed by atoms with Gasteiger partial charge >= 0.3 is 12.1 Å². The Bertz CT molecular complexity index is 184. The van der Waals surface area contributed by atoms with Crippen LogP contribution < -0.4 is 5.32 Å². The Morgan fingerprint density at radius 3 is 2.43 bits per heavy atom. The minimum atomic E-state index is -4.23. The molecule has 1 atom stereocenters. The maximum absolute atomic E-state index is 11.6. The van der Waals surface area contributed by atoms with Crippen LogP contribution in [-0.4, -0.2) is 41.6 Å². The predicted octanol–water partition coefficient (Wildman–Crippen LogP) is 0.364. The molecule has 0 aliphatic heterocycles. The van der Waals surface area contributed by atoms with Gasteiger partial charge in [0.15, 0.2) is 0 Å². The number of hydrogen-bond donors (Lipinski definition) is 3. The van der Waals surface area contributed by atoms with E-state index in [1.165, 1.54) is 0 Å². The topological polar surface area (TPSA) is 69.6 Å². The summed E-state index contributed by atoms with van der Waals surface area (Å²) in [6.07, 6.45) is -6.85. The summed E-state index contributed by atoms with van der Waals surface area (Å²) in [6, 6.07) is 0. The second-order valence-corrected chi connectivity index (χ2v) is 2.82. The van der Waals surface area contributed by atoms with Gasteiger partial charge in [-0.15, -0.1) is 0 Å². The van der Waals surface area contributed by atoms with Crippen LogP contribution in [0.4, 0.5) is 13.2 Å². The summed E-state index contributed by atoms with van der Waals surface area (Å²) in [5, 5.41) is 19.4. The Kier molecular flexibility index (Phi) is 5.47. The van der Waals surface area contributed by atoms with E-state index in [0.717, 1.165) is 0 Å². The first-order valence-corrected chi connectivity index (χ1v) is 3.98. The van der Waals surface area contributed by atoms with Gasteiger partial charge in [-0.05, 0) is 0 Å². The highest BCUT2D eigenvalue weighted by molar-refractivity contribution is 5.67. The Morgan fingerprint density at radius 2 is 2.00 bits per heavy atom. The summed E-state index contributed by atoms with van der Waals surface area (Å²) >= 11 is 0. The Hall–Kier alpha value is -0.820. The van der Waals surface area contributed by atoms with Gasteiger partial charge in [-0.1, -0.05) is 0 Å². The largest absolute Gasteiger partial charge is 0.481 e. The summed E-state index contributed by atoms with van der Waals surface area (Å²) < 4.78 is 34.8. The van der Waals surface area contributed by atoms with Crippen molar-refractivity contribution in [3.8, 4) is 0 Å². The zero-order valence-electron chi connectivity index (χ0n) is 7.34. The van der Waals surface area contributed by atoms with Gasteiger partial charge in [-0.25, -0.2) is 0 Å². The first-order chi connectivity index (χ1) is 6.31. The number of carbonyl (C=O) groups is 1. The second kappa shape index (κ2) is 5.82. The van der Waals surface area contributed by atoms with Crippen LogP contribution in [0, 0.1) is 0 Å². The van der Waals surface area contributed by atoms with E-state index in [2.05, 4.69) is 5.32 Å². The lowest BCUT2D eigenvalue weighted by Gasteiger charge is -2.10. The van der Waals surface area contributed by atoms with Crippen molar-refractivity contribution in [2.24, 2.45) is 0 Å². The van der Waals surface area contributed by atoms with E-state index in [9.17, 15) is 18.0 Å². The molecule has 7 heteroatoms. The van der Waals surface area contributed by atoms with Crippen LogP contribution in [0.1, 0.15) is 12.8 Å². The van der Waals surface area contributed by atoms with Gasteiger partial charge in [-0.2, -0.15) is 13.2 Å². The minimum Gasteiger partial charge on any atom is -0.481 e. The number of carboxylic acid groups (broad SMARTS) is 1. The number of aliphatic hydroxyl groups is 1. The molecule has 0 aliphatic carbocycles. The van der Waals surface area contributed by atoms with Crippen LogP contribution >= 0.6 is 0 Å². The van der Waals surface area contributed by atoms with Crippen molar-refractivity contribution in [3.63, 3.8) is 0 Å². The first kappa shape index (κ1) is 13.2. The SMILES string of the molecule is O=C(O)CC(O)CNCCC(F)(F)F. The summed E-state index contributed by atoms with van der Waals surface area (Å²) in [5.41, 5.74) is 0. The molecular formula is C7H12F3NO3. The van der Waals surface area contributed by atoms with Crippen molar-refractivity contribution in [1.29, 1.82) is 0 Å². The molecule has 0 amide bonds. The fourth-order valence-corrected chi connectivity index (χ4v) is 0.773. The molecule has 0 aliphatic rings. The summed E-state index contributed by atoms with van der Waals surface area (Å²) in [7, 11) is 0. The summed E-state index contributed by atoms with van der Waals surface area (Å²) in [4.78, 5) is 10.0. The highest BCUT2D eigenvalue weighted by Gasteiger charge is 2.26. The van der Waals surface area contributed by atoms with Crippen LogP contribution in [-0.2, 0) is 4.79 Å². The predicted molar refractivity (Wildman–Crippen MR) is 41.8 cm³/mol. The van der Waals surface area contributed by atoms with Crippen LogP contribution in [0.15, 0.2) is 0 Å². The Balaban J connectivity index is 3.41. The zero-order chi connectivity index (χ0) is 11.2. The van der Waals surface area contributed by atoms with Gasteiger partial charge in [0, 0.05) is 13.1 Å². The lowest BCUT2D eigenvalue weighted by molar-refractivity contribution is -0.139. The molecule has 0 aromatic heterocycles. The molecule has 0 heterocycles. The molecule has 0 aromatic rings. The average molecular weight is 215 g/mol. The smallest absolute Gasteiger partial charge is 0.390 e. The van der Waals surface area contributed by atoms with E-state index < -0.39 is 31.1 Å². The molecule has 84 valence electrons. The third kappa shape index (κ3) is 9.27. The normalized spacial score (nSPS) is 14.0. The minimum absolute atomic E-state index is 0.150. The van der Waals surface area contributed by atoms with Crippen molar-refractivity contribution >= 4 is 5.97 Å². The molecule has 3 N–H and O–H groups in total. The van der Waals surface area contributed by atoms with Gasteiger partial charge in [-0.3, -0.25) is 4.79 Å². The van der Waals surface area contributed by atoms with E-state index in [-0.39, 0.29) is 13.1 Å². The molecule has 0 fully saturated rings. The van der Waals surface area contributed by atoms with E-state index in [1.807, 2.05) is 0 Å². The number of hydrogen-bond acceptors (Lipinski definition) is 3.